The van der Waals surface area contributed by atoms with E-state index in [4.69, 9.17) is 14.2 Å². The lowest BCUT2D eigenvalue weighted by Gasteiger charge is -2.24. The van der Waals surface area contributed by atoms with Crippen LogP contribution in [0.1, 0.15) is 135 Å². The van der Waals surface area contributed by atoms with Gasteiger partial charge in [0.05, 0.1) is 12.7 Å². The zero-order valence-electron chi connectivity index (χ0n) is 26.8. The number of unbranched alkanes of at least 4 members (excludes halogenated alkanes) is 13. The Morgan fingerprint density at radius 2 is 1.40 bits per heavy atom. The van der Waals surface area contributed by atoms with Crippen molar-refractivity contribution in [3.63, 3.8) is 0 Å². The molecular weight excluding hydrogens is 567 g/mol. The Labute approximate surface area is 262 Å². The quantitative estimate of drug-likeness (QED) is 0.0410. The van der Waals surface area contributed by atoms with Gasteiger partial charge in [-0.2, -0.15) is 11.8 Å². The van der Waals surface area contributed by atoms with Crippen molar-refractivity contribution >= 4 is 26.2 Å². The highest BCUT2D eigenvalue weighted by Crippen LogP contribution is 2.27. The number of rotatable bonds is 29. The molecule has 1 aromatic rings. The van der Waals surface area contributed by atoms with Gasteiger partial charge in [0.2, 0.25) is 0 Å². The Bertz CT molecular complexity index is 783. The number of ether oxygens (including phenoxy) is 3. The lowest BCUT2D eigenvalue weighted by Crippen LogP contribution is -2.37. The maximum atomic E-state index is 12.3. The van der Waals surface area contributed by atoms with Gasteiger partial charge in [-0.3, -0.25) is 0 Å². The predicted octanol–water partition coefficient (Wildman–Crippen LogP) is 9.59. The molecule has 0 aliphatic carbocycles. The summed E-state index contributed by atoms with van der Waals surface area (Å²) in [6, 6.07) is 9.13. The molecule has 0 aliphatic heterocycles. The van der Waals surface area contributed by atoms with Crippen molar-refractivity contribution in [2.45, 2.75) is 153 Å². The van der Waals surface area contributed by atoms with E-state index in [9.17, 15) is 14.5 Å². The molecule has 0 radical (unpaired) electrons. The van der Waals surface area contributed by atoms with Crippen molar-refractivity contribution in [1.29, 1.82) is 0 Å². The third-order valence-electron chi connectivity index (χ3n) is 7.55. The van der Waals surface area contributed by atoms with Crippen LogP contribution in [0.15, 0.2) is 30.3 Å². The van der Waals surface area contributed by atoms with Gasteiger partial charge in [0.1, 0.15) is 6.61 Å². The number of thioether (sulfide) groups is 1. The molecule has 0 fully saturated rings. The van der Waals surface area contributed by atoms with Crippen LogP contribution in [0.25, 0.3) is 0 Å². The molecule has 0 spiro atoms. The Balaban J connectivity index is 2.38. The first kappa shape index (κ1) is 39.0. The zero-order valence-corrected chi connectivity index (χ0v) is 28.6. The average Bonchev–Trinajstić information content (AvgIpc) is 3.01. The monoisotopic (exact) mass is 627 g/mol. The van der Waals surface area contributed by atoms with Crippen LogP contribution >= 0.6 is 20.2 Å². The van der Waals surface area contributed by atoms with Gasteiger partial charge < -0.3 is 19.3 Å². The highest BCUT2D eigenvalue weighted by Gasteiger charge is 2.49. The second-order valence-electron chi connectivity index (χ2n) is 11.4. The van der Waals surface area contributed by atoms with Crippen molar-refractivity contribution in [2.75, 3.05) is 19.0 Å². The molecule has 6 nitrogen and oxygen atoms in total. The first-order valence-corrected chi connectivity index (χ1v) is 18.6. The van der Waals surface area contributed by atoms with Crippen molar-refractivity contribution in [1.82, 2.24) is 0 Å². The molecule has 42 heavy (non-hydrogen) atoms. The van der Waals surface area contributed by atoms with Crippen molar-refractivity contribution in [2.24, 2.45) is 0 Å². The first-order valence-electron chi connectivity index (χ1n) is 16.7. The normalized spacial score (nSPS) is 14.5. The average molecular weight is 628 g/mol. The zero-order chi connectivity index (χ0) is 30.7. The number of hydrogen-bond donors (Lipinski definition) is 1. The van der Waals surface area contributed by atoms with Crippen molar-refractivity contribution in [3.05, 3.63) is 35.9 Å². The molecule has 0 amide bonds. The molecule has 1 N–H and O–H groups in total. The minimum Gasteiger partial charge on any atom is -0.453 e. The van der Waals surface area contributed by atoms with E-state index in [1.165, 1.54) is 102 Å². The Hall–Kier alpha value is -0.980. The lowest BCUT2D eigenvalue weighted by molar-refractivity contribution is -0.197. The van der Waals surface area contributed by atoms with E-state index < -0.39 is 20.0 Å². The third kappa shape index (κ3) is 19.3. The largest absolute Gasteiger partial charge is 0.470 e. The van der Waals surface area contributed by atoms with Crippen LogP contribution < -0.4 is 0 Å². The predicted molar refractivity (Wildman–Crippen MR) is 178 cm³/mol. The SMILES string of the molecule is CCCCCCCCCCSC(CCCCCCCCC)C(C)OCCCOC(O)([PH+]=O)C(=O)OCc1ccccc1. The first-order chi connectivity index (χ1) is 20.5. The van der Waals surface area contributed by atoms with Gasteiger partial charge in [-0.05, 0) is 37.5 Å². The summed E-state index contributed by atoms with van der Waals surface area (Å²) in [5, 5.41) is 10.9. The summed E-state index contributed by atoms with van der Waals surface area (Å²) in [7, 11) is -1.38. The minimum absolute atomic E-state index is 0.0206. The standard InChI is InChI=1S/C34H59O6PS/c1-4-6-8-10-12-14-16-21-28-42-32(25-20-15-13-11-9-7-5-2)30(3)38-26-22-27-40-34(36,41-37)33(35)39-29-31-23-18-17-19-24-31/h17-19,23-24,30,32,36H,4-16,20-22,25-29H2,1-3H3/p+1. The van der Waals surface area contributed by atoms with Crippen LogP contribution in [0.2, 0.25) is 0 Å². The van der Waals surface area contributed by atoms with Gasteiger partial charge in [-0.1, -0.05) is 139 Å². The fourth-order valence-electron chi connectivity index (χ4n) is 4.83. The van der Waals surface area contributed by atoms with Crippen LogP contribution in [-0.4, -0.2) is 46.9 Å². The minimum atomic E-state index is -2.45. The van der Waals surface area contributed by atoms with Gasteiger partial charge >= 0.3 is 20.0 Å². The molecule has 0 saturated carbocycles. The molecule has 1 aromatic carbocycles. The lowest BCUT2D eigenvalue weighted by atomic mass is 10.1. The fourth-order valence-corrected chi connectivity index (χ4v) is 6.51. The Morgan fingerprint density at radius 1 is 0.833 bits per heavy atom. The summed E-state index contributed by atoms with van der Waals surface area (Å²) >= 11 is 2.06. The van der Waals surface area contributed by atoms with Crippen LogP contribution in [0.4, 0.5) is 0 Å². The summed E-state index contributed by atoms with van der Waals surface area (Å²) in [4.78, 5) is 12.3. The summed E-state index contributed by atoms with van der Waals surface area (Å²) in [5.74, 6) is 0.135. The van der Waals surface area contributed by atoms with Crippen molar-refractivity contribution in [3.8, 4) is 0 Å². The maximum Gasteiger partial charge on any atom is 0.470 e. The van der Waals surface area contributed by atoms with E-state index in [1.54, 1.807) is 12.1 Å². The molecule has 4 atom stereocenters. The molecule has 1 rings (SSSR count). The molecule has 8 heteroatoms. The number of hydrogen-bond acceptors (Lipinski definition) is 7. The van der Waals surface area contributed by atoms with E-state index in [-0.39, 0.29) is 19.3 Å². The molecule has 0 bridgehead atoms. The number of carbonyl (C=O) groups excluding carboxylic acids is 1. The molecule has 0 saturated heterocycles. The van der Waals surface area contributed by atoms with E-state index in [2.05, 4.69) is 32.5 Å². The van der Waals surface area contributed by atoms with Crippen molar-refractivity contribution < 1.29 is 28.7 Å². The van der Waals surface area contributed by atoms with E-state index >= 15 is 0 Å². The van der Waals surface area contributed by atoms with Gasteiger partial charge in [-0.15, -0.1) is 0 Å². The number of benzene rings is 1. The van der Waals surface area contributed by atoms with Crippen LogP contribution in [0.3, 0.4) is 0 Å². The van der Waals surface area contributed by atoms with Crippen LogP contribution in [-0.2, 0) is 30.2 Å². The highest BCUT2D eigenvalue weighted by molar-refractivity contribution is 7.99. The Kier molecular flexibility index (Phi) is 24.6. The summed E-state index contributed by atoms with van der Waals surface area (Å²) in [5.41, 5.74) is -1.68. The molecule has 242 valence electrons. The summed E-state index contributed by atoms with van der Waals surface area (Å²) in [6.07, 6.45) is 21.6. The van der Waals surface area contributed by atoms with E-state index in [0.29, 0.717) is 18.3 Å². The fraction of sp³-hybridized carbons (Fsp3) is 0.794. The molecule has 4 unspecified atom stereocenters. The van der Waals surface area contributed by atoms with E-state index in [1.807, 2.05) is 18.2 Å². The van der Waals surface area contributed by atoms with Crippen LogP contribution in [0.5, 0.6) is 0 Å². The van der Waals surface area contributed by atoms with Gasteiger partial charge in [0.15, 0.2) is 0 Å². The smallest absolute Gasteiger partial charge is 0.453 e. The molecule has 0 aliphatic rings. The highest BCUT2D eigenvalue weighted by atomic mass is 32.2. The third-order valence-corrected chi connectivity index (χ3v) is 9.75. The number of carbonyl (C=O) groups is 1. The Morgan fingerprint density at radius 3 is 2.00 bits per heavy atom. The second-order valence-corrected chi connectivity index (χ2v) is 13.6. The number of esters is 1. The molecule has 0 heterocycles. The summed E-state index contributed by atoms with van der Waals surface area (Å²) in [6.45, 7) is 7.15. The second kappa shape index (κ2) is 26.4. The van der Waals surface area contributed by atoms with Gasteiger partial charge in [0, 0.05) is 11.9 Å². The molecule has 0 aromatic heterocycles. The van der Waals surface area contributed by atoms with Gasteiger partial charge in [-0.25, -0.2) is 4.79 Å². The van der Waals surface area contributed by atoms with E-state index in [0.717, 1.165) is 12.0 Å². The topological polar surface area (TPSA) is 82.1 Å². The van der Waals surface area contributed by atoms with Gasteiger partial charge in [0.25, 0.3) is 0 Å². The maximum absolute atomic E-state index is 12.3. The summed E-state index contributed by atoms with van der Waals surface area (Å²) < 4.78 is 28.2. The van der Waals surface area contributed by atoms with Crippen LogP contribution in [0, 0.1) is 0 Å². The number of aliphatic hydroxyl groups is 1. The molecular formula is C34H60O6PS+.